The zero-order valence-electron chi connectivity index (χ0n) is 18.7. The smallest absolute Gasteiger partial charge is 0.163 e. The number of benzene rings is 1. The molecule has 0 aliphatic heterocycles. The summed E-state index contributed by atoms with van der Waals surface area (Å²) >= 11 is 0. The number of aromatic amines is 1. The Morgan fingerprint density at radius 3 is 2.91 bits per heavy atom. The van der Waals surface area contributed by atoms with Gasteiger partial charge in [0.15, 0.2) is 5.65 Å². The summed E-state index contributed by atoms with van der Waals surface area (Å²) in [5, 5.41) is 19.9. The van der Waals surface area contributed by atoms with Gasteiger partial charge in [0.25, 0.3) is 0 Å². The number of fused-ring (bicyclic) bond motifs is 4. The molecule has 0 spiro atoms. The van der Waals surface area contributed by atoms with Gasteiger partial charge in [-0.1, -0.05) is 18.2 Å². The number of hydrogen-bond donors (Lipinski definition) is 3. The number of pyridine rings is 1. The molecule has 4 heterocycles. The molecule has 166 valence electrons. The van der Waals surface area contributed by atoms with Crippen molar-refractivity contribution < 1.29 is 5.11 Å². The Labute approximate surface area is 191 Å². The van der Waals surface area contributed by atoms with Crippen LogP contribution in [0.5, 0.6) is 0 Å². The van der Waals surface area contributed by atoms with Crippen LogP contribution in [0.3, 0.4) is 0 Å². The van der Waals surface area contributed by atoms with Crippen LogP contribution in [-0.4, -0.2) is 35.7 Å². The van der Waals surface area contributed by atoms with Gasteiger partial charge in [-0.2, -0.15) is 9.61 Å². The van der Waals surface area contributed by atoms with Crippen molar-refractivity contribution in [1.29, 1.82) is 0 Å². The van der Waals surface area contributed by atoms with E-state index < -0.39 is 6.10 Å². The third kappa shape index (κ3) is 3.45. The molecule has 1 unspecified atom stereocenters. The average Bonchev–Trinajstić information content (AvgIpc) is 3.41. The molecule has 0 fully saturated rings. The number of para-hydroxylation sites is 1. The van der Waals surface area contributed by atoms with Gasteiger partial charge in [0.05, 0.1) is 18.0 Å². The number of nitrogens with one attached hydrogen (secondary N) is 2. The van der Waals surface area contributed by atoms with E-state index in [4.69, 9.17) is 4.98 Å². The standard InChI is InChI=1S/C26H26N6O/c1-15-9-17(13-27-12-15)24-11-25(32-26(31-24)21(14-28-32)16(2)33)29-18-7-8-23-20(10-18)19-5-3-4-6-22(19)30-23/h3-6,9,11-14,16,18,29-30,33H,7-8,10H2,1-2H3/t16?,18-/m1/s1. The number of H-pyrrole nitrogens is 1. The second-order valence-electron chi connectivity index (χ2n) is 9.00. The van der Waals surface area contributed by atoms with Crippen molar-refractivity contribution in [1.82, 2.24) is 24.6 Å². The van der Waals surface area contributed by atoms with Crippen molar-refractivity contribution >= 4 is 22.4 Å². The lowest BCUT2D eigenvalue weighted by Gasteiger charge is -2.25. The Kier molecular flexibility index (Phi) is 4.66. The Morgan fingerprint density at radius 2 is 2.06 bits per heavy atom. The summed E-state index contributed by atoms with van der Waals surface area (Å²) in [6, 6.07) is 12.9. The largest absolute Gasteiger partial charge is 0.389 e. The van der Waals surface area contributed by atoms with Crippen LogP contribution in [0, 0.1) is 6.92 Å². The lowest BCUT2D eigenvalue weighted by atomic mass is 9.91. The van der Waals surface area contributed by atoms with Gasteiger partial charge >= 0.3 is 0 Å². The normalized spacial score (nSPS) is 16.8. The quantitative estimate of drug-likeness (QED) is 0.381. The molecule has 0 amide bonds. The van der Waals surface area contributed by atoms with Gasteiger partial charge in [-0.3, -0.25) is 4.98 Å². The van der Waals surface area contributed by atoms with Gasteiger partial charge in [0, 0.05) is 52.2 Å². The third-order valence-electron chi connectivity index (χ3n) is 6.57. The van der Waals surface area contributed by atoms with E-state index >= 15 is 0 Å². The van der Waals surface area contributed by atoms with Gasteiger partial charge in [-0.05, 0) is 56.4 Å². The summed E-state index contributed by atoms with van der Waals surface area (Å²) in [7, 11) is 0. The molecule has 5 aromatic rings. The lowest BCUT2D eigenvalue weighted by molar-refractivity contribution is 0.200. The first kappa shape index (κ1) is 19.9. The van der Waals surface area contributed by atoms with Gasteiger partial charge in [0.1, 0.15) is 5.82 Å². The van der Waals surface area contributed by atoms with Crippen LogP contribution in [0.4, 0.5) is 5.82 Å². The summed E-state index contributed by atoms with van der Waals surface area (Å²) in [6.45, 7) is 3.77. The minimum atomic E-state index is -0.655. The Hall–Kier alpha value is -3.71. The second-order valence-corrected chi connectivity index (χ2v) is 9.00. The summed E-state index contributed by atoms with van der Waals surface area (Å²) in [4.78, 5) is 12.8. The van der Waals surface area contributed by atoms with Crippen LogP contribution in [0.1, 0.15) is 41.8 Å². The fraction of sp³-hybridized carbons (Fsp3) is 0.269. The monoisotopic (exact) mass is 438 g/mol. The fourth-order valence-corrected chi connectivity index (χ4v) is 4.92. The lowest BCUT2D eigenvalue weighted by Crippen LogP contribution is -2.28. The number of aromatic nitrogens is 5. The van der Waals surface area contributed by atoms with E-state index in [1.807, 2.05) is 25.4 Å². The summed E-state index contributed by atoms with van der Waals surface area (Å²) in [6.07, 6.45) is 7.68. The molecule has 0 bridgehead atoms. The number of hydrogen-bond acceptors (Lipinski definition) is 5. The van der Waals surface area contributed by atoms with Gasteiger partial charge < -0.3 is 15.4 Å². The van der Waals surface area contributed by atoms with Gasteiger partial charge in [-0.15, -0.1) is 0 Å². The number of aliphatic hydroxyl groups is 1. The van der Waals surface area contributed by atoms with Crippen molar-refractivity contribution in [3.63, 3.8) is 0 Å². The number of anilines is 1. The highest BCUT2D eigenvalue weighted by Gasteiger charge is 2.24. The van der Waals surface area contributed by atoms with Crippen LogP contribution in [-0.2, 0) is 12.8 Å². The molecule has 6 rings (SSSR count). The summed E-state index contributed by atoms with van der Waals surface area (Å²) in [5.41, 5.74) is 8.15. The van der Waals surface area contributed by atoms with Crippen LogP contribution in [0.15, 0.2) is 55.0 Å². The zero-order valence-corrected chi connectivity index (χ0v) is 18.7. The van der Waals surface area contributed by atoms with Crippen molar-refractivity contribution in [3.05, 3.63) is 77.4 Å². The predicted molar refractivity (Wildman–Crippen MR) is 129 cm³/mol. The van der Waals surface area contributed by atoms with E-state index in [2.05, 4.69) is 50.7 Å². The number of nitrogens with zero attached hydrogens (tertiary/aromatic N) is 4. The first-order valence-electron chi connectivity index (χ1n) is 11.4. The highest BCUT2D eigenvalue weighted by Crippen LogP contribution is 2.32. The number of aliphatic hydroxyl groups excluding tert-OH is 1. The number of aryl methyl sites for hydroxylation is 2. The second kappa shape index (κ2) is 7.71. The van der Waals surface area contributed by atoms with E-state index in [-0.39, 0.29) is 6.04 Å². The molecular weight excluding hydrogens is 412 g/mol. The SMILES string of the molecule is Cc1cncc(-c2cc(N[C@@H]3CCc4[nH]c5ccccc5c4C3)n3ncc(C(C)O)c3n2)c1. The first-order valence-corrected chi connectivity index (χ1v) is 11.4. The molecule has 33 heavy (non-hydrogen) atoms. The predicted octanol–water partition coefficient (Wildman–Crippen LogP) is 4.60. The summed E-state index contributed by atoms with van der Waals surface area (Å²) in [5.74, 6) is 0.872. The molecule has 2 atom stereocenters. The van der Waals surface area contributed by atoms with Gasteiger partial charge in [0.2, 0.25) is 0 Å². The molecule has 4 aromatic heterocycles. The highest BCUT2D eigenvalue weighted by atomic mass is 16.3. The van der Waals surface area contributed by atoms with E-state index in [1.165, 1.54) is 22.2 Å². The maximum absolute atomic E-state index is 10.3. The minimum Gasteiger partial charge on any atom is -0.389 e. The van der Waals surface area contributed by atoms with Crippen molar-refractivity contribution in [2.75, 3.05) is 5.32 Å². The van der Waals surface area contributed by atoms with Crippen LogP contribution < -0.4 is 5.32 Å². The average molecular weight is 439 g/mol. The van der Waals surface area contributed by atoms with Gasteiger partial charge in [-0.25, -0.2) is 4.98 Å². The van der Waals surface area contributed by atoms with E-state index in [0.29, 0.717) is 11.2 Å². The van der Waals surface area contributed by atoms with E-state index in [1.54, 1.807) is 17.6 Å². The summed E-state index contributed by atoms with van der Waals surface area (Å²) < 4.78 is 1.81. The number of rotatable bonds is 4. The molecule has 7 nitrogen and oxygen atoms in total. The van der Waals surface area contributed by atoms with Crippen LogP contribution in [0.2, 0.25) is 0 Å². The highest BCUT2D eigenvalue weighted by molar-refractivity contribution is 5.85. The van der Waals surface area contributed by atoms with Crippen molar-refractivity contribution in [2.24, 2.45) is 0 Å². The zero-order chi connectivity index (χ0) is 22.5. The molecule has 0 radical (unpaired) electrons. The Balaban J connectivity index is 1.41. The Bertz CT molecular complexity index is 1480. The Morgan fingerprint density at radius 1 is 1.18 bits per heavy atom. The van der Waals surface area contributed by atoms with Crippen molar-refractivity contribution in [3.8, 4) is 11.3 Å². The molecule has 7 heteroatoms. The minimum absolute atomic E-state index is 0.269. The van der Waals surface area contributed by atoms with Crippen LogP contribution >= 0.6 is 0 Å². The first-order chi connectivity index (χ1) is 16.1. The van der Waals surface area contributed by atoms with E-state index in [0.717, 1.165) is 41.9 Å². The van der Waals surface area contributed by atoms with E-state index in [9.17, 15) is 5.11 Å². The topological polar surface area (TPSA) is 91.1 Å². The fourth-order valence-electron chi connectivity index (χ4n) is 4.92. The van der Waals surface area contributed by atoms with Crippen LogP contribution in [0.25, 0.3) is 27.8 Å². The molecule has 1 aliphatic carbocycles. The molecule has 3 N–H and O–H groups in total. The molecule has 0 saturated heterocycles. The third-order valence-corrected chi connectivity index (χ3v) is 6.57. The molecule has 1 aromatic carbocycles. The molecular formula is C26H26N6O. The molecule has 1 aliphatic rings. The van der Waals surface area contributed by atoms with Crippen molar-refractivity contribution in [2.45, 2.75) is 45.3 Å². The maximum Gasteiger partial charge on any atom is 0.163 e. The maximum atomic E-state index is 10.3. The molecule has 0 saturated carbocycles.